The van der Waals surface area contributed by atoms with Gasteiger partial charge in [0.1, 0.15) is 6.42 Å². The average Bonchev–Trinajstić information content (AvgIpc) is 2.95. The molecule has 3 aromatic rings. The number of hydrogen-bond acceptors (Lipinski definition) is 4. The summed E-state index contributed by atoms with van der Waals surface area (Å²) >= 11 is 1.35. The molecule has 0 aliphatic rings. The summed E-state index contributed by atoms with van der Waals surface area (Å²) < 4.78 is 0. The summed E-state index contributed by atoms with van der Waals surface area (Å²) in [6.07, 6.45) is -0.164. The van der Waals surface area contributed by atoms with E-state index in [4.69, 9.17) is 5.26 Å². The van der Waals surface area contributed by atoms with Gasteiger partial charge in [0, 0.05) is 10.9 Å². The number of carbonyl (C=O) groups excluding carboxylic acids is 1. The molecule has 0 unspecified atom stereocenters. The van der Waals surface area contributed by atoms with Crippen LogP contribution in [-0.2, 0) is 4.79 Å². The van der Waals surface area contributed by atoms with Crippen LogP contribution in [0.15, 0.2) is 47.8 Å². The van der Waals surface area contributed by atoms with Gasteiger partial charge in [-0.2, -0.15) is 5.26 Å². The normalized spacial score (nSPS) is 10.2. The van der Waals surface area contributed by atoms with Crippen LogP contribution >= 0.6 is 11.3 Å². The van der Waals surface area contributed by atoms with E-state index in [1.807, 2.05) is 35.7 Å². The number of aromatic nitrogens is 1. The van der Waals surface area contributed by atoms with E-state index < -0.39 is 0 Å². The number of benzene rings is 2. The summed E-state index contributed by atoms with van der Waals surface area (Å²) in [6, 6.07) is 16.0. The number of fused-ring (bicyclic) bond motifs is 1. The zero-order valence-electron chi connectivity index (χ0n) is 11.0. The molecule has 0 bridgehead atoms. The molecule has 0 spiro atoms. The molecule has 0 atom stereocenters. The predicted octanol–water partition coefficient (Wildman–Crippen LogP) is 3.82. The minimum absolute atomic E-state index is 0.164. The molecule has 5 heteroatoms. The summed E-state index contributed by atoms with van der Waals surface area (Å²) in [5.74, 6) is -0.337. The Morgan fingerprint density at radius 3 is 2.90 bits per heavy atom. The first kappa shape index (κ1) is 13.3. The first-order valence-electron chi connectivity index (χ1n) is 6.38. The summed E-state index contributed by atoms with van der Waals surface area (Å²) in [5.41, 5.74) is 1.86. The summed E-state index contributed by atoms with van der Waals surface area (Å²) in [5, 5.41) is 15.8. The lowest BCUT2D eigenvalue weighted by atomic mass is 10.0. The van der Waals surface area contributed by atoms with Crippen LogP contribution in [0.5, 0.6) is 0 Å². The van der Waals surface area contributed by atoms with E-state index >= 15 is 0 Å². The van der Waals surface area contributed by atoms with Gasteiger partial charge in [0.05, 0.1) is 11.8 Å². The highest BCUT2D eigenvalue weighted by molar-refractivity contribution is 7.14. The molecule has 0 radical (unpaired) electrons. The highest BCUT2D eigenvalue weighted by Crippen LogP contribution is 2.30. The Labute approximate surface area is 125 Å². The highest BCUT2D eigenvalue weighted by Gasteiger charge is 2.09. The van der Waals surface area contributed by atoms with Crippen LogP contribution in [0.1, 0.15) is 6.42 Å². The van der Waals surface area contributed by atoms with Crippen molar-refractivity contribution in [1.82, 2.24) is 4.98 Å². The van der Waals surface area contributed by atoms with E-state index in [0.717, 1.165) is 22.0 Å². The molecule has 0 fully saturated rings. The van der Waals surface area contributed by atoms with Crippen LogP contribution in [0.25, 0.3) is 22.0 Å². The number of nitriles is 1. The van der Waals surface area contributed by atoms with Crippen molar-refractivity contribution in [2.75, 3.05) is 5.32 Å². The molecule has 102 valence electrons. The minimum atomic E-state index is -0.337. The number of anilines is 1. The van der Waals surface area contributed by atoms with Gasteiger partial charge in [-0.3, -0.25) is 4.79 Å². The van der Waals surface area contributed by atoms with Crippen molar-refractivity contribution in [3.63, 3.8) is 0 Å². The van der Waals surface area contributed by atoms with Gasteiger partial charge < -0.3 is 5.32 Å². The second-order valence-electron chi connectivity index (χ2n) is 4.45. The van der Waals surface area contributed by atoms with Crippen molar-refractivity contribution in [2.45, 2.75) is 6.42 Å². The number of carbonyl (C=O) groups is 1. The van der Waals surface area contributed by atoms with Crippen molar-refractivity contribution in [2.24, 2.45) is 0 Å². The van der Waals surface area contributed by atoms with E-state index in [0.29, 0.717) is 5.13 Å². The van der Waals surface area contributed by atoms with Crippen LogP contribution in [0, 0.1) is 11.3 Å². The number of nitrogens with zero attached hydrogens (tertiary/aromatic N) is 2. The van der Waals surface area contributed by atoms with Gasteiger partial charge in [0.25, 0.3) is 0 Å². The lowest BCUT2D eigenvalue weighted by Crippen LogP contribution is -2.09. The fraction of sp³-hybridized carbons (Fsp3) is 0.0625. The maximum absolute atomic E-state index is 11.4. The molecule has 4 nitrogen and oxygen atoms in total. The molecule has 1 N–H and O–H groups in total. The molecule has 0 saturated heterocycles. The third-order valence-electron chi connectivity index (χ3n) is 3.06. The predicted molar refractivity (Wildman–Crippen MR) is 83.9 cm³/mol. The van der Waals surface area contributed by atoms with Gasteiger partial charge in [-0.25, -0.2) is 4.98 Å². The molecule has 2 aromatic carbocycles. The van der Waals surface area contributed by atoms with E-state index in [1.165, 1.54) is 11.3 Å². The number of amides is 1. The van der Waals surface area contributed by atoms with E-state index in [9.17, 15) is 4.79 Å². The maximum atomic E-state index is 11.4. The van der Waals surface area contributed by atoms with Gasteiger partial charge in [-0.1, -0.05) is 42.5 Å². The zero-order chi connectivity index (χ0) is 14.7. The Morgan fingerprint density at radius 1 is 1.24 bits per heavy atom. The molecular formula is C16H11N3OS. The molecule has 0 saturated carbocycles. The fourth-order valence-electron chi connectivity index (χ4n) is 2.14. The maximum Gasteiger partial charge on any atom is 0.240 e. The Kier molecular flexibility index (Phi) is 3.63. The molecule has 0 aliphatic carbocycles. The fourth-order valence-corrected chi connectivity index (χ4v) is 2.87. The van der Waals surface area contributed by atoms with Crippen LogP contribution in [0.3, 0.4) is 0 Å². The number of hydrogen-bond donors (Lipinski definition) is 1. The molecule has 21 heavy (non-hydrogen) atoms. The van der Waals surface area contributed by atoms with Crippen molar-refractivity contribution < 1.29 is 4.79 Å². The second kappa shape index (κ2) is 5.73. The number of rotatable bonds is 3. The molecular weight excluding hydrogens is 282 g/mol. The Morgan fingerprint density at radius 2 is 2.05 bits per heavy atom. The van der Waals surface area contributed by atoms with Crippen LogP contribution in [-0.4, -0.2) is 10.9 Å². The molecule has 0 aliphatic heterocycles. The SMILES string of the molecule is N#CCC(=O)Nc1nc(-c2cccc3ccccc23)cs1. The first-order valence-corrected chi connectivity index (χ1v) is 7.26. The minimum Gasteiger partial charge on any atom is -0.301 e. The van der Waals surface area contributed by atoms with Crippen molar-refractivity contribution in [3.8, 4) is 17.3 Å². The number of nitrogens with one attached hydrogen (secondary N) is 1. The van der Waals surface area contributed by atoms with Gasteiger partial charge in [0.15, 0.2) is 5.13 Å². The quantitative estimate of drug-likeness (QED) is 0.798. The van der Waals surface area contributed by atoms with Gasteiger partial charge in [-0.15, -0.1) is 11.3 Å². The molecule has 3 rings (SSSR count). The van der Waals surface area contributed by atoms with Gasteiger partial charge >= 0.3 is 0 Å². The lowest BCUT2D eigenvalue weighted by molar-refractivity contribution is -0.115. The lowest BCUT2D eigenvalue weighted by Gasteiger charge is -2.03. The molecule has 1 heterocycles. The summed E-state index contributed by atoms with van der Waals surface area (Å²) in [7, 11) is 0. The van der Waals surface area contributed by atoms with Crippen LogP contribution in [0.2, 0.25) is 0 Å². The third kappa shape index (κ3) is 2.76. The van der Waals surface area contributed by atoms with Crippen LogP contribution in [0.4, 0.5) is 5.13 Å². The summed E-state index contributed by atoms with van der Waals surface area (Å²) in [4.78, 5) is 15.8. The Bertz CT molecular complexity index is 843. The van der Waals surface area contributed by atoms with Gasteiger partial charge in [0.2, 0.25) is 5.91 Å². The topological polar surface area (TPSA) is 65.8 Å². The first-order chi connectivity index (χ1) is 10.3. The zero-order valence-corrected chi connectivity index (χ0v) is 11.9. The largest absolute Gasteiger partial charge is 0.301 e. The van der Waals surface area contributed by atoms with Crippen molar-refractivity contribution in [1.29, 1.82) is 5.26 Å². The van der Waals surface area contributed by atoms with Crippen LogP contribution < -0.4 is 5.32 Å². The number of thiazole rings is 1. The summed E-state index contributed by atoms with van der Waals surface area (Å²) in [6.45, 7) is 0. The van der Waals surface area contributed by atoms with E-state index in [2.05, 4.69) is 28.5 Å². The molecule has 1 aromatic heterocycles. The monoisotopic (exact) mass is 293 g/mol. The van der Waals surface area contributed by atoms with Crippen molar-refractivity contribution >= 4 is 33.1 Å². The van der Waals surface area contributed by atoms with Gasteiger partial charge in [-0.05, 0) is 10.8 Å². The Hall–Kier alpha value is -2.71. The average molecular weight is 293 g/mol. The highest BCUT2D eigenvalue weighted by atomic mass is 32.1. The van der Waals surface area contributed by atoms with Crippen molar-refractivity contribution in [3.05, 3.63) is 47.8 Å². The molecule has 1 amide bonds. The standard InChI is InChI=1S/C16H11N3OS/c17-9-8-15(20)19-16-18-14(10-21-16)13-7-3-5-11-4-1-2-6-12(11)13/h1-7,10H,8H2,(H,18,19,20). The Balaban J connectivity index is 1.95. The second-order valence-corrected chi connectivity index (χ2v) is 5.31. The van der Waals surface area contributed by atoms with E-state index in [-0.39, 0.29) is 12.3 Å². The van der Waals surface area contributed by atoms with E-state index in [1.54, 1.807) is 0 Å². The third-order valence-corrected chi connectivity index (χ3v) is 3.81. The smallest absolute Gasteiger partial charge is 0.240 e.